The summed E-state index contributed by atoms with van der Waals surface area (Å²) in [6.07, 6.45) is 3.40. The second kappa shape index (κ2) is 10.6. The number of hydrogen-bond acceptors (Lipinski definition) is 7. The molecule has 0 radical (unpaired) electrons. The largest absolute Gasteiger partial charge is 0.381 e. The van der Waals surface area contributed by atoms with Crippen molar-refractivity contribution in [1.29, 1.82) is 0 Å². The van der Waals surface area contributed by atoms with Crippen LogP contribution in [0, 0.1) is 18.8 Å². The molecule has 0 saturated heterocycles. The fourth-order valence-corrected chi connectivity index (χ4v) is 6.06. The van der Waals surface area contributed by atoms with Crippen LogP contribution in [0.15, 0.2) is 81.8 Å². The summed E-state index contributed by atoms with van der Waals surface area (Å²) in [6.45, 7) is 3.64. The van der Waals surface area contributed by atoms with Crippen molar-refractivity contribution in [2.75, 3.05) is 5.73 Å². The minimum Gasteiger partial charge on any atom is -0.381 e. The minimum absolute atomic E-state index is 0.0648. The van der Waals surface area contributed by atoms with Crippen LogP contribution < -0.4 is 16.6 Å². The van der Waals surface area contributed by atoms with Gasteiger partial charge in [-0.1, -0.05) is 36.3 Å². The van der Waals surface area contributed by atoms with Crippen molar-refractivity contribution in [2.45, 2.75) is 19.9 Å². The third-order valence-electron chi connectivity index (χ3n) is 6.59. The lowest BCUT2D eigenvalue weighted by Gasteiger charge is -2.23. The van der Waals surface area contributed by atoms with Gasteiger partial charge in [0.1, 0.15) is 5.56 Å². The van der Waals surface area contributed by atoms with Crippen LogP contribution in [0.5, 0.6) is 0 Å². The van der Waals surface area contributed by atoms with E-state index in [1.54, 1.807) is 28.5 Å². The molecule has 3 N–H and O–H groups in total. The highest BCUT2D eigenvalue weighted by Crippen LogP contribution is 2.33. The molecule has 0 unspecified atom stereocenters. The predicted octanol–water partition coefficient (Wildman–Crippen LogP) is 5.03. The van der Waals surface area contributed by atoms with Crippen LogP contribution in [0.1, 0.15) is 45.2 Å². The number of thiazole rings is 1. The zero-order chi connectivity index (χ0) is 28.7. The Kier molecular flexibility index (Phi) is 6.86. The highest BCUT2D eigenvalue weighted by molar-refractivity contribution is 9.10. The second-order valence-electron chi connectivity index (χ2n) is 9.31. The molecule has 6 rings (SSSR count). The van der Waals surface area contributed by atoms with E-state index >= 15 is 0 Å². The van der Waals surface area contributed by atoms with E-state index in [0.717, 1.165) is 10.6 Å². The Bertz CT molecular complexity index is 2070. The number of nitrogens with one attached hydrogen (secondary N) is 1. The monoisotopic (exact) mass is 623 g/mol. The average Bonchev–Trinajstić information content (AvgIpc) is 3.60. The number of halogens is 1. The number of pyridine rings is 1. The standard InChI is InChI=1S/C30H22BrN7O2S/c1-17-13-14-37-28(34-17)24(27(32)36-37)29(39)35-18(2)26-25(31)22-10-6-7-19(11-12-21-15-33-16-41-21)23(22)30(40)38(26)20-8-4-3-5-9-20/h3-10,13-16,18H,1-2H3,(H2,32,36)(H,35,39)/t18-/m0/s1. The summed E-state index contributed by atoms with van der Waals surface area (Å²) in [5.41, 5.74) is 10.7. The number of fused-ring (bicyclic) bond motifs is 2. The molecular formula is C30H22BrN7O2S. The summed E-state index contributed by atoms with van der Waals surface area (Å²) in [7, 11) is 0. The number of benzene rings is 2. The van der Waals surface area contributed by atoms with Gasteiger partial charge in [-0.15, -0.1) is 16.4 Å². The number of rotatable bonds is 4. The number of carbonyl (C=O) groups excluding carboxylic acids is 1. The number of amides is 1. The summed E-state index contributed by atoms with van der Waals surface area (Å²) in [5.74, 6) is 5.86. The quantitative estimate of drug-likeness (QED) is 0.266. The third kappa shape index (κ3) is 4.77. The highest BCUT2D eigenvalue weighted by atomic mass is 79.9. The molecule has 4 aromatic heterocycles. The molecule has 6 aromatic rings. The number of carbonyl (C=O) groups is 1. The van der Waals surface area contributed by atoms with Crippen molar-refractivity contribution < 1.29 is 4.79 Å². The van der Waals surface area contributed by atoms with Gasteiger partial charge in [-0.25, -0.2) is 9.50 Å². The molecule has 4 heterocycles. The van der Waals surface area contributed by atoms with Crippen LogP contribution in [0.4, 0.5) is 5.82 Å². The summed E-state index contributed by atoms with van der Waals surface area (Å²) >= 11 is 5.20. The normalized spacial score (nSPS) is 11.8. The molecule has 1 amide bonds. The van der Waals surface area contributed by atoms with Crippen molar-refractivity contribution in [3.8, 4) is 17.5 Å². The number of nitrogen functional groups attached to an aromatic ring is 1. The Morgan fingerprint density at radius 3 is 2.68 bits per heavy atom. The smallest absolute Gasteiger partial charge is 0.264 e. The van der Waals surface area contributed by atoms with Crippen LogP contribution in [0.3, 0.4) is 0 Å². The second-order valence-corrected chi connectivity index (χ2v) is 11.0. The van der Waals surface area contributed by atoms with Crippen molar-refractivity contribution in [1.82, 2.24) is 29.5 Å². The van der Waals surface area contributed by atoms with Gasteiger partial charge in [0, 0.05) is 33.0 Å². The van der Waals surface area contributed by atoms with Crippen molar-refractivity contribution >= 4 is 55.4 Å². The molecule has 9 nitrogen and oxygen atoms in total. The van der Waals surface area contributed by atoms with Gasteiger partial charge >= 0.3 is 0 Å². The van der Waals surface area contributed by atoms with Gasteiger partial charge in [-0.3, -0.25) is 19.1 Å². The number of para-hydroxylation sites is 1. The summed E-state index contributed by atoms with van der Waals surface area (Å²) in [6, 6.07) is 16.0. The maximum atomic E-state index is 14.3. The van der Waals surface area contributed by atoms with Crippen LogP contribution in [0.25, 0.3) is 22.1 Å². The lowest BCUT2D eigenvalue weighted by atomic mass is 10.0. The molecular weight excluding hydrogens is 602 g/mol. The topological polar surface area (TPSA) is 120 Å². The highest BCUT2D eigenvalue weighted by Gasteiger charge is 2.26. The molecule has 0 bridgehead atoms. The van der Waals surface area contributed by atoms with Gasteiger partial charge in [0.05, 0.1) is 33.7 Å². The zero-order valence-corrected chi connectivity index (χ0v) is 24.3. The first-order valence-corrected chi connectivity index (χ1v) is 14.3. The summed E-state index contributed by atoms with van der Waals surface area (Å²) < 4.78 is 3.74. The predicted molar refractivity (Wildman–Crippen MR) is 163 cm³/mol. The lowest BCUT2D eigenvalue weighted by Crippen LogP contribution is -2.33. The summed E-state index contributed by atoms with van der Waals surface area (Å²) in [5, 5.41) is 8.40. The molecule has 0 spiro atoms. The maximum Gasteiger partial charge on any atom is 0.264 e. The first kappa shape index (κ1) is 26.4. The SMILES string of the molecule is Cc1ccn2nc(N)c(C(=O)N[C@@H](C)c3c(Br)c4cccc(C#Cc5cncs5)c4c(=O)n3-c3ccccc3)c2n1. The fourth-order valence-electron chi connectivity index (χ4n) is 4.74. The average molecular weight is 625 g/mol. The van der Waals surface area contributed by atoms with E-state index in [1.807, 2.05) is 62.4 Å². The molecule has 1 atom stereocenters. The molecule has 0 fully saturated rings. The van der Waals surface area contributed by atoms with E-state index in [1.165, 1.54) is 15.9 Å². The fraction of sp³-hybridized carbons (Fsp3) is 0.100. The van der Waals surface area contributed by atoms with E-state index in [9.17, 15) is 9.59 Å². The van der Waals surface area contributed by atoms with Crippen LogP contribution in [0.2, 0.25) is 0 Å². The number of aromatic nitrogens is 5. The molecule has 0 aliphatic heterocycles. The zero-order valence-electron chi connectivity index (χ0n) is 21.9. The van der Waals surface area contributed by atoms with E-state index in [2.05, 4.69) is 48.2 Å². The van der Waals surface area contributed by atoms with Gasteiger partial charge in [0.15, 0.2) is 11.5 Å². The van der Waals surface area contributed by atoms with Gasteiger partial charge in [-0.2, -0.15) is 0 Å². The molecule has 0 saturated carbocycles. The number of nitrogens with two attached hydrogens (primary N) is 1. The first-order chi connectivity index (χ1) is 19.8. The molecule has 2 aromatic carbocycles. The van der Waals surface area contributed by atoms with Gasteiger partial charge in [0.2, 0.25) is 0 Å². The van der Waals surface area contributed by atoms with Crippen LogP contribution >= 0.6 is 27.3 Å². The third-order valence-corrected chi connectivity index (χ3v) is 8.11. The van der Waals surface area contributed by atoms with Crippen LogP contribution in [-0.2, 0) is 0 Å². The van der Waals surface area contributed by atoms with Gasteiger partial charge < -0.3 is 11.1 Å². The molecule has 11 heteroatoms. The maximum absolute atomic E-state index is 14.3. The first-order valence-electron chi connectivity index (χ1n) is 12.6. The lowest BCUT2D eigenvalue weighted by molar-refractivity contribution is 0.0941. The number of nitrogens with zero attached hydrogens (tertiary/aromatic N) is 5. The van der Waals surface area contributed by atoms with Crippen molar-refractivity contribution in [2.24, 2.45) is 0 Å². The van der Waals surface area contributed by atoms with E-state index < -0.39 is 11.9 Å². The van der Waals surface area contributed by atoms with Gasteiger partial charge in [-0.05, 0) is 60.0 Å². The Hall–Kier alpha value is -4.79. The van der Waals surface area contributed by atoms with E-state index in [4.69, 9.17) is 5.73 Å². The van der Waals surface area contributed by atoms with E-state index in [-0.39, 0.29) is 16.9 Å². The molecule has 41 heavy (non-hydrogen) atoms. The number of hydrogen-bond donors (Lipinski definition) is 2. The van der Waals surface area contributed by atoms with E-state index in [0.29, 0.717) is 37.8 Å². The Morgan fingerprint density at radius 2 is 1.93 bits per heavy atom. The van der Waals surface area contributed by atoms with Crippen molar-refractivity contribution in [3.63, 3.8) is 0 Å². The van der Waals surface area contributed by atoms with Crippen molar-refractivity contribution in [3.05, 3.63) is 115 Å². The van der Waals surface area contributed by atoms with Gasteiger partial charge in [0.25, 0.3) is 11.5 Å². The molecule has 0 aliphatic rings. The Labute approximate surface area is 246 Å². The number of anilines is 1. The molecule has 202 valence electrons. The minimum atomic E-state index is -0.625. The Morgan fingerprint density at radius 1 is 1.12 bits per heavy atom. The summed E-state index contributed by atoms with van der Waals surface area (Å²) in [4.78, 5) is 37.2. The van der Waals surface area contributed by atoms with Crippen LogP contribution in [-0.4, -0.2) is 30.1 Å². The Balaban J connectivity index is 1.52. The molecule has 0 aliphatic carbocycles. The number of aryl methyl sites for hydroxylation is 1.